The van der Waals surface area contributed by atoms with Crippen LogP contribution in [0.25, 0.3) is 121 Å². The first-order valence-electron chi connectivity index (χ1n) is 32.1. The van der Waals surface area contributed by atoms with Gasteiger partial charge in [-0.15, -0.1) is 0 Å². The summed E-state index contributed by atoms with van der Waals surface area (Å²) in [5, 5.41) is 9.11. The van der Waals surface area contributed by atoms with E-state index >= 15 is 0 Å². The molecule has 88 heavy (non-hydrogen) atoms. The summed E-state index contributed by atoms with van der Waals surface area (Å²) in [6, 6.07) is 86.5. The zero-order valence-electron chi connectivity index (χ0n) is 52.8. The number of aryl methyl sites for hydroxylation is 1. The number of fused-ring (bicyclic) bond motifs is 16. The Balaban J connectivity index is 0.898. The molecule has 0 unspecified atom stereocenters. The second-order valence-electron chi connectivity index (χ2n) is 26.3. The number of hydrogen-bond donors (Lipinski definition) is 0. The van der Waals surface area contributed by atoms with Gasteiger partial charge in [0.2, 0.25) is 0 Å². The molecule has 2 aliphatic rings. The summed E-state index contributed by atoms with van der Waals surface area (Å²) >= 11 is 0. The van der Waals surface area contributed by atoms with Crippen molar-refractivity contribution in [3.05, 3.63) is 259 Å². The fourth-order valence-corrected chi connectivity index (χ4v) is 14.9. The zero-order chi connectivity index (χ0) is 61.6. The van der Waals surface area contributed by atoms with Gasteiger partial charge >= 0.3 is 0 Å². The van der Waals surface area contributed by atoms with Crippen LogP contribution in [0.5, 0.6) is 23.0 Å². The van der Waals surface area contributed by atoms with Gasteiger partial charge in [0.1, 0.15) is 23.0 Å². The zero-order valence-corrected chi connectivity index (χ0v) is 49.8. The van der Waals surface area contributed by atoms with Gasteiger partial charge in [0.15, 0.2) is 0 Å². The van der Waals surface area contributed by atoms with E-state index in [0.717, 1.165) is 138 Å². The number of hydrogen-bond acceptors (Lipinski definition) is 2. The predicted molar refractivity (Wildman–Crippen MR) is 369 cm³/mol. The lowest BCUT2D eigenvalue weighted by atomic mass is 9.35. The molecule has 16 aromatic rings. The Bertz CT molecular complexity index is 5590. The lowest BCUT2D eigenvalue weighted by molar-refractivity contribution is 0.464. The van der Waals surface area contributed by atoms with Crippen LogP contribution >= 0.6 is 0 Å². The Morgan fingerprint density at radius 1 is 0.341 bits per heavy atom. The molecule has 0 N–H and O–H groups in total. The minimum Gasteiger partial charge on any atom is -0.458 e. The fraction of sp³-hybridized carbons (Fsp3) is 0.111. The topological polar surface area (TPSA) is 38.2 Å². The summed E-state index contributed by atoms with van der Waals surface area (Å²) in [5.74, 6) is 2.85. The number of rotatable bonds is 5. The van der Waals surface area contributed by atoms with E-state index < -0.39 is 6.85 Å². The molecule has 0 aliphatic carbocycles. The minimum atomic E-state index is -2.47. The van der Waals surface area contributed by atoms with Gasteiger partial charge in [0.25, 0.3) is 6.71 Å². The molecule has 0 fully saturated rings. The van der Waals surface area contributed by atoms with E-state index in [2.05, 4.69) is 290 Å². The summed E-state index contributed by atoms with van der Waals surface area (Å²) in [5.41, 5.74) is 19.1. The summed E-state index contributed by atoms with van der Waals surface area (Å²) < 4.78 is 51.9. The van der Waals surface area contributed by atoms with Crippen molar-refractivity contribution in [2.75, 3.05) is 0 Å². The average molecular weight is 1140 g/mol. The van der Waals surface area contributed by atoms with E-state index in [1.54, 1.807) is 0 Å². The Kier molecular flexibility index (Phi) is 9.91. The highest BCUT2D eigenvalue weighted by molar-refractivity contribution is 6.98. The Hall–Kier alpha value is -10.5. The van der Waals surface area contributed by atoms with Crippen LogP contribution < -0.4 is 25.9 Å². The predicted octanol–water partition coefficient (Wildman–Crippen LogP) is 19.4. The average Bonchev–Trinajstić information content (AvgIpc) is 1.73. The van der Waals surface area contributed by atoms with Crippen molar-refractivity contribution in [1.29, 1.82) is 0 Å². The van der Waals surface area contributed by atoms with E-state index in [-0.39, 0.29) is 23.1 Å². The third-order valence-electron chi connectivity index (χ3n) is 19.1. The minimum absolute atomic E-state index is 0.0399. The smallest absolute Gasteiger partial charge is 0.260 e. The maximum atomic E-state index is 9.23. The number of nitrogens with zero attached hydrogens (tertiary/aromatic N) is 4. The van der Waals surface area contributed by atoms with Crippen LogP contribution in [0.15, 0.2) is 243 Å². The summed E-state index contributed by atoms with van der Waals surface area (Å²) in [4.78, 5) is 0. The van der Waals surface area contributed by atoms with Gasteiger partial charge in [0, 0.05) is 82.1 Å². The first-order valence-corrected chi connectivity index (χ1v) is 30.6. The molecule has 0 saturated carbocycles. The van der Waals surface area contributed by atoms with Gasteiger partial charge in [0.05, 0.1) is 61.2 Å². The van der Waals surface area contributed by atoms with Gasteiger partial charge in [-0.3, -0.25) is 0 Å². The second kappa shape index (κ2) is 18.3. The number of benzene rings is 12. The van der Waals surface area contributed by atoms with Crippen molar-refractivity contribution in [2.24, 2.45) is 0 Å². The third kappa shape index (κ3) is 7.31. The van der Waals surface area contributed by atoms with Gasteiger partial charge in [-0.25, -0.2) is 0 Å². The molecule has 0 radical (unpaired) electrons. The van der Waals surface area contributed by atoms with Crippen LogP contribution in [0.4, 0.5) is 0 Å². The summed E-state index contributed by atoms with van der Waals surface area (Å²) in [6.07, 6.45) is 0. The Labute approximate surface area is 514 Å². The number of para-hydroxylation sites is 6. The summed E-state index contributed by atoms with van der Waals surface area (Å²) in [6.45, 7) is 10.9. The van der Waals surface area contributed by atoms with Crippen LogP contribution in [0, 0.1) is 6.85 Å². The monoisotopic (exact) mass is 1140 g/mol. The van der Waals surface area contributed by atoms with E-state index in [4.69, 9.17) is 9.47 Å². The van der Waals surface area contributed by atoms with Gasteiger partial charge in [-0.2, -0.15) is 0 Å². The molecule has 6 heterocycles. The molecule has 12 aromatic carbocycles. The normalized spacial score (nSPS) is 13.8. The van der Waals surface area contributed by atoms with E-state index in [1.807, 2.05) is 12.1 Å². The van der Waals surface area contributed by atoms with Crippen LogP contribution in [-0.4, -0.2) is 25.0 Å². The van der Waals surface area contributed by atoms with Crippen molar-refractivity contribution in [3.8, 4) is 56.9 Å². The fourth-order valence-electron chi connectivity index (χ4n) is 14.9. The molecular formula is C81H61BN4O2. The number of aromatic nitrogens is 4. The van der Waals surface area contributed by atoms with Crippen molar-refractivity contribution in [2.45, 2.75) is 59.2 Å². The van der Waals surface area contributed by atoms with Crippen molar-refractivity contribution in [3.63, 3.8) is 0 Å². The van der Waals surface area contributed by atoms with Crippen molar-refractivity contribution >= 4 is 110 Å². The first kappa shape index (κ1) is 47.7. The van der Waals surface area contributed by atoms with Crippen LogP contribution in [0.1, 0.15) is 62.3 Å². The molecule has 4 aromatic heterocycles. The Morgan fingerprint density at radius 3 is 1.20 bits per heavy atom. The molecule has 2 aliphatic heterocycles. The molecule has 18 rings (SSSR count). The highest BCUT2D eigenvalue weighted by atomic mass is 16.5. The second-order valence-corrected chi connectivity index (χ2v) is 26.3. The van der Waals surface area contributed by atoms with Gasteiger partial charge < -0.3 is 27.7 Å². The molecule has 0 saturated heterocycles. The summed E-state index contributed by atoms with van der Waals surface area (Å²) in [7, 11) is 0. The molecule has 7 heteroatoms. The Morgan fingerprint density at radius 2 is 0.739 bits per heavy atom. The largest absolute Gasteiger partial charge is 0.458 e. The van der Waals surface area contributed by atoms with Crippen molar-refractivity contribution in [1.82, 2.24) is 18.3 Å². The van der Waals surface area contributed by atoms with E-state index in [9.17, 15) is 4.11 Å². The number of ether oxygens (including phenoxy) is 2. The lowest BCUT2D eigenvalue weighted by Gasteiger charge is -2.34. The van der Waals surface area contributed by atoms with Crippen LogP contribution in [0.2, 0.25) is 0 Å². The van der Waals surface area contributed by atoms with E-state index in [1.165, 1.54) is 21.9 Å². The highest BCUT2D eigenvalue weighted by Gasteiger charge is 2.41. The molecule has 0 amide bonds. The molecule has 420 valence electrons. The maximum Gasteiger partial charge on any atom is 0.260 e. The lowest BCUT2D eigenvalue weighted by Crippen LogP contribution is -2.57. The molecule has 0 spiro atoms. The van der Waals surface area contributed by atoms with Crippen LogP contribution in [-0.2, 0) is 10.8 Å². The maximum absolute atomic E-state index is 9.23. The third-order valence-corrected chi connectivity index (χ3v) is 19.1. The highest BCUT2D eigenvalue weighted by Crippen LogP contribution is 2.47. The van der Waals surface area contributed by atoms with Gasteiger partial charge in [-0.1, -0.05) is 181 Å². The molecular weight excluding hydrogens is 1070 g/mol. The van der Waals surface area contributed by atoms with E-state index in [0.29, 0.717) is 11.5 Å². The molecule has 0 atom stereocenters. The molecule has 6 nitrogen and oxygen atoms in total. The standard InChI is InChI=1S/C81H61BN4O2/c1-48-40-60(79(86-69-30-18-12-24-58(69)59-25-13-19-31-70(59)86)73(41-48)85-67-28-16-10-22-56(67)57-23-11-17-29-68(57)85)49-32-36-63-74(42-49)87-76-46-53(84-65-26-14-8-20-54(65)55-21-9-15-27-66(55)84)47-77-78(76)82(63)64-37-35-52(45-75(64)88-77)83-71-38-33-50(80(2,3)4)43-61(71)62-44-51(81(5,6)7)34-39-72(62)83/h8-47H,1-7H3/i1D3. The first-order chi connectivity index (χ1) is 44.0. The van der Waals surface area contributed by atoms with Crippen LogP contribution in [0.3, 0.4) is 0 Å². The van der Waals surface area contributed by atoms with Crippen molar-refractivity contribution < 1.29 is 13.6 Å². The van der Waals surface area contributed by atoms with Gasteiger partial charge in [-0.05, 0) is 136 Å². The SMILES string of the molecule is [2H]C([2H])([2H])c1cc(-c2ccc3c(c2)Oc2cc(-n4c5ccccc5c5ccccc54)cc4c2B3c2ccc(-n3c5ccc(C(C)(C)C)cc5c5cc(C(C)(C)C)ccc53)cc2O4)c(-n2c3ccccc3c3ccccc32)c(-n2c3ccccc3c3ccccc32)c1. The molecule has 0 bridgehead atoms. The quantitative estimate of drug-likeness (QED) is 0.161.